The average Bonchev–Trinajstić information content (AvgIpc) is 2.63. The summed E-state index contributed by atoms with van der Waals surface area (Å²) >= 11 is 0. The molecule has 1 heterocycles. The van der Waals surface area contributed by atoms with Crippen molar-refractivity contribution in [1.82, 2.24) is 4.90 Å². The summed E-state index contributed by atoms with van der Waals surface area (Å²) in [5.41, 5.74) is 5.47. The number of hydrogen-bond donors (Lipinski definition) is 1. The minimum Gasteiger partial charge on any atom is -0.365 e. The summed E-state index contributed by atoms with van der Waals surface area (Å²) in [5.74, 6) is 0.0975. The quantitative estimate of drug-likeness (QED) is 0.751. The molecule has 0 saturated carbocycles. The molecule has 0 bridgehead atoms. The minimum absolute atomic E-state index is 0.0975. The van der Waals surface area contributed by atoms with Gasteiger partial charge in [-0.15, -0.1) is 0 Å². The van der Waals surface area contributed by atoms with E-state index < -0.39 is 0 Å². The normalized spacial score (nSPS) is 27.7. The van der Waals surface area contributed by atoms with Crippen molar-refractivity contribution < 1.29 is 9.53 Å². The van der Waals surface area contributed by atoms with Gasteiger partial charge in [0, 0.05) is 13.1 Å². The molecule has 1 saturated heterocycles. The van der Waals surface area contributed by atoms with Gasteiger partial charge in [0.2, 0.25) is 0 Å². The molecule has 1 amide bonds. The van der Waals surface area contributed by atoms with E-state index in [4.69, 9.17) is 10.5 Å². The van der Waals surface area contributed by atoms with E-state index in [-0.39, 0.29) is 24.2 Å². The summed E-state index contributed by atoms with van der Waals surface area (Å²) in [7, 11) is 1.83. The molecule has 3 atom stereocenters. The van der Waals surface area contributed by atoms with Crippen LogP contribution in [0, 0.1) is 0 Å². The maximum atomic E-state index is 12.0. The molecule has 4 nitrogen and oxygen atoms in total. The number of nitrogens with zero attached hydrogens (tertiary/aromatic N) is 1. The molecular weight excluding hydrogens is 192 g/mol. The van der Waals surface area contributed by atoms with Gasteiger partial charge < -0.3 is 15.4 Å². The third kappa shape index (κ3) is 3.18. The maximum Gasteiger partial charge on any atom is 0.251 e. The van der Waals surface area contributed by atoms with E-state index in [0.29, 0.717) is 6.54 Å². The van der Waals surface area contributed by atoms with E-state index >= 15 is 0 Å². The van der Waals surface area contributed by atoms with Crippen LogP contribution in [0.5, 0.6) is 0 Å². The zero-order chi connectivity index (χ0) is 11.4. The number of likely N-dealkylation sites (N-methyl/N-ethyl adjacent to an activating group) is 1. The monoisotopic (exact) mass is 214 g/mol. The van der Waals surface area contributed by atoms with Gasteiger partial charge in [0.25, 0.3) is 5.91 Å². The first kappa shape index (κ1) is 12.5. The molecule has 0 aromatic carbocycles. The Morgan fingerprint density at radius 1 is 1.60 bits per heavy atom. The zero-order valence-electron chi connectivity index (χ0n) is 9.90. The standard InChI is InChI=1S/C11H22N2O2/c1-8(6-7-12)13(3)11(14)10-5-4-9(2)15-10/h8-10H,4-7,12H2,1-3H3. The SMILES string of the molecule is CC1CCC(C(=O)N(C)C(C)CCN)O1. The lowest BCUT2D eigenvalue weighted by Gasteiger charge is -2.27. The van der Waals surface area contributed by atoms with Crippen molar-refractivity contribution in [2.24, 2.45) is 5.73 Å². The van der Waals surface area contributed by atoms with Crippen molar-refractivity contribution in [2.75, 3.05) is 13.6 Å². The summed E-state index contributed by atoms with van der Waals surface area (Å²) < 4.78 is 5.55. The highest BCUT2D eigenvalue weighted by molar-refractivity contribution is 5.81. The van der Waals surface area contributed by atoms with Gasteiger partial charge in [-0.25, -0.2) is 0 Å². The van der Waals surface area contributed by atoms with E-state index in [1.165, 1.54) is 0 Å². The highest BCUT2D eigenvalue weighted by atomic mass is 16.5. The Balaban J connectivity index is 2.45. The van der Waals surface area contributed by atoms with Crippen LogP contribution in [0.25, 0.3) is 0 Å². The molecule has 1 aliphatic heterocycles. The first-order valence-electron chi connectivity index (χ1n) is 5.68. The Hall–Kier alpha value is -0.610. The molecule has 15 heavy (non-hydrogen) atoms. The van der Waals surface area contributed by atoms with Crippen molar-refractivity contribution >= 4 is 5.91 Å². The van der Waals surface area contributed by atoms with Gasteiger partial charge in [0.1, 0.15) is 6.10 Å². The van der Waals surface area contributed by atoms with Crippen molar-refractivity contribution in [3.63, 3.8) is 0 Å². The Bertz CT molecular complexity index is 221. The number of amides is 1. The van der Waals surface area contributed by atoms with Crippen LogP contribution in [0.3, 0.4) is 0 Å². The van der Waals surface area contributed by atoms with Gasteiger partial charge in [-0.3, -0.25) is 4.79 Å². The summed E-state index contributed by atoms with van der Waals surface area (Å²) in [6.07, 6.45) is 2.65. The number of carbonyl (C=O) groups excluding carboxylic acids is 1. The van der Waals surface area contributed by atoms with E-state index in [1.54, 1.807) is 4.90 Å². The van der Waals surface area contributed by atoms with Crippen molar-refractivity contribution in [3.05, 3.63) is 0 Å². The van der Waals surface area contributed by atoms with Crippen LogP contribution in [0.1, 0.15) is 33.1 Å². The second-order valence-corrected chi connectivity index (χ2v) is 4.39. The summed E-state index contributed by atoms with van der Waals surface area (Å²) in [6.45, 7) is 4.64. The number of nitrogens with two attached hydrogens (primary N) is 1. The molecule has 3 unspecified atom stereocenters. The third-order valence-corrected chi connectivity index (χ3v) is 3.10. The first-order chi connectivity index (χ1) is 7.06. The lowest BCUT2D eigenvalue weighted by Crippen LogP contribution is -2.42. The predicted molar refractivity (Wildman–Crippen MR) is 59.5 cm³/mol. The van der Waals surface area contributed by atoms with Crippen molar-refractivity contribution in [2.45, 2.75) is 51.4 Å². The molecule has 1 rings (SSSR count). The Labute approximate surface area is 91.8 Å². The lowest BCUT2D eigenvalue weighted by atomic mass is 10.1. The second kappa shape index (κ2) is 5.47. The Morgan fingerprint density at radius 3 is 2.73 bits per heavy atom. The van der Waals surface area contributed by atoms with E-state index in [0.717, 1.165) is 19.3 Å². The topological polar surface area (TPSA) is 55.6 Å². The van der Waals surface area contributed by atoms with Crippen LogP contribution in [-0.4, -0.2) is 42.6 Å². The van der Waals surface area contributed by atoms with Crippen LogP contribution in [0.2, 0.25) is 0 Å². The average molecular weight is 214 g/mol. The van der Waals surface area contributed by atoms with Gasteiger partial charge >= 0.3 is 0 Å². The van der Waals surface area contributed by atoms with Crippen LogP contribution in [-0.2, 0) is 9.53 Å². The molecule has 0 aromatic heterocycles. The fraction of sp³-hybridized carbons (Fsp3) is 0.909. The fourth-order valence-corrected chi connectivity index (χ4v) is 1.86. The largest absolute Gasteiger partial charge is 0.365 e. The lowest BCUT2D eigenvalue weighted by molar-refractivity contribution is -0.143. The van der Waals surface area contributed by atoms with Gasteiger partial charge in [0.15, 0.2) is 0 Å². The summed E-state index contributed by atoms with van der Waals surface area (Å²) in [4.78, 5) is 13.7. The number of ether oxygens (including phenoxy) is 1. The third-order valence-electron chi connectivity index (χ3n) is 3.10. The number of rotatable bonds is 4. The molecular formula is C11H22N2O2. The van der Waals surface area contributed by atoms with Gasteiger partial charge in [0.05, 0.1) is 6.10 Å². The molecule has 0 radical (unpaired) electrons. The second-order valence-electron chi connectivity index (χ2n) is 4.39. The highest BCUT2D eigenvalue weighted by Gasteiger charge is 2.31. The predicted octanol–water partition coefficient (Wildman–Crippen LogP) is 0.750. The first-order valence-corrected chi connectivity index (χ1v) is 5.68. The number of hydrogen-bond acceptors (Lipinski definition) is 3. The Morgan fingerprint density at radius 2 is 2.27 bits per heavy atom. The van der Waals surface area contributed by atoms with Crippen LogP contribution in [0.4, 0.5) is 0 Å². The van der Waals surface area contributed by atoms with Crippen LogP contribution < -0.4 is 5.73 Å². The minimum atomic E-state index is -0.231. The smallest absolute Gasteiger partial charge is 0.251 e. The molecule has 0 aromatic rings. The van der Waals surface area contributed by atoms with Gasteiger partial charge in [-0.2, -0.15) is 0 Å². The van der Waals surface area contributed by atoms with Crippen molar-refractivity contribution in [3.8, 4) is 0 Å². The maximum absolute atomic E-state index is 12.0. The van der Waals surface area contributed by atoms with E-state index in [9.17, 15) is 4.79 Å². The van der Waals surface area contributed by atoms with E-state index in [2.05, 4.69) is 0 Å². The summed E-state index contributed by atoms with van der Waals surface area (Å²) in [5, 5.41) is 0. The fourth-order valence-electron chi connectivity index (χ4n) is 1.86. The highest BCUT2D eigenvalue weighted by Crippen LogP contribution is 2.21. The van der Waals surface area contributed by atoms with E-state index in [1.807, 2.05) is 20.9 Å². The molecule has 88 valence electrons. The molecule has 1 aliphatic rings. The van der Waals surface area contributed by atoms with Gasteiger partial charge in [-0.1, -0.05) is 0 Å². The number of carbonyl (C=O) groups is 1. The molecule has 1 fully saturated rings. The molecule has 0 spiro atoms. The molecule has 0 aliphatic carbocycles. The Kier molecular flexibility index (Phi) is 4.54. The van der Waals surface area contributed by atoms with Gasteiger partial charge in [-0.05, 0) is 39.7 Å². The molecule has 2 N–H and O–H groups in total. The van der Waals surface area contributed by atoms with Crippen LogP contribution in [0.15, 0.2) is 0 Å². The zero-order valence-corrected chi connectivity index (χ0v) is 9.90. The van der Waals surface area contributed by atoms with Crippen molar-refractivity contribution in [1.29, 1.82) is 0 Å². The molecule has 4 heteroatoms. The summed E-state index contributed by atoms with van der Waals surface area (Å²) in [6, 6.07) is 0.196. The van der Waals surface area contributed by atoms with Crippen LogP contribution >= 0.6 is 0 Å².